The van der Waals surface area contributed by atoms with Crippen LogP contribution in [0.25, 0.3) is 0 Å². The first kappa shape index (κ1) is 23.5. The van der Waals surface area contributed by atoms with E-state index in [9.17, 15) is 0 Å². The fraction of sp³-hybridized carbons (Fsp3) is 0.615. The third-order valence-electron chi connectivity index (χ3n) is 5.33. The average Bonchev–Trinajstić information content (AvgIpc) is 2.61. The molecule has 1 heterocycles. The summed E-state index contributed by atoms with van der Waals surface area (Å²) in [6, 6.07) is 0. The standard InChI is InChI=1S/C26H43N/c1-9-12-23(17-20(4)5)13-14-26(21(6)7)24-15-16-27(11-3)25(19-24)18-22(8)10-2/h13-16,18-20,22-23H,9-12,17H2,1-8H3/b14-13-,25-18-. The molecule has 1 heteroatoms. The minimum atomic E-state index is 0.601. The molecule has 1 nitrogen and oxygen atoms in total. The molecule has 0 bridgehead atoms. The van der Waals surface area contributed by atoms with Crippen LogP contribution >= 0.6 is 0 Å². The SMILES string of the molecule is CCCC(/C=C\C(C1=C/C(=C/C(C)CC)N(CC)C=C1)=C(C)C)CC(C)C. The van der Waals surface area contributed by atoms with Gasteiger partial charge in [0.25, 0.3) is 0 Å². The molecule has 1 aliphatic heterocycles. The van der Waals surface area contributed by atoms with E-state index < -0.39 is 0 Å². The molecule has 0 amide bonds. The molecular formula is C26H43N. The first-order valence-corrected chi connectivity index (χ1v) is 11.1. The number of allylic oxidation sites excluding steroid dienone is 8. The van der Waals surface area contributed by atoms with Crippen LogP contribution in [0.5, 0.6) is 0 Å². The molecule has 0 aromatic carbocycles. The Kier molecular flexibility index (Phi) is 10.5. The number of rotatable bonds is 10. The van der Waals surface area contributed by atoms with E-state index in [2.05, 4.69) is 96.9 Å². The van der Waals surface area contributed by atoms with E-state index in [1.165, 1.54) is 48.1 Å². The number of hydrogen-bond acceptors (Lipinski definition) is 1. The van der Waals surface area contributed by atoms with E-state index >= 15 is 0 Å². The lowest BCUT2D eigenvalue weighted by atomic mass is 9.90. The number of likely N-dealkylation sites (N-methyl/N-ethyl adjacent to an activating group) is 1. The molecule has 0 aromatic heterocycles. The lowest BCUT2D eigenvalue weighted by molar-refractivity contribution is 0.448. The zero-order valence-corrected chi connectivity index (χ0v) is 19.2. The summed E-state index contributed by atoms with van der Waals surface area (Å²) in [5.41, 5.74) is 5.44. The van der Waals surface area contributed by atoms with Crippen LogP contribution in [0.4, 0.5) is 0 Å². The van der Waals surface area contributed by atoms with Gasteiger partial charge in [0.15, 0.2) is 0 Å². The molecule has 0 saturated carbocycles. The van der Waals surface area contributed by atoms with Gasteiger partial charge in [-0.15, -0.1) is 0 Å². The number of nitrogens with zero attached hydrogens (tertiary/aromatic N) is 1. The van der Waals surface area contributed by atoms with E-state index in [0.717, 1.165) is 12.5 Å². The summed E-state index contributed by atoms with van der Waals surface area (Å²) < 4.78 is 0. The summed E-state index contributed by atoms with van der Waals surface area (Å²) in [5.74, 6) is 2.03. The van der Waals surface area contributed by atoms with Gasteiger partial charge in [-0.25, -0.2) is 0 Å². The van der Waals surface area contributed by atoms with Crippen molar-refractivity contribution in [1.29, 1.82) is 0 Å². The summed E-state index contributed by atoms with van der Waals surface area (Å²) in [7, 11) is 0. The zero-order chi connectivity index (χ0) is 20.4. The van der Waals surface area contributed by atoms with Crippen molar-refractivity contribution in [2.75, 3.05) is 6.54 Å². The van der Waals surface area contributed by atoms with E-state index in [0.29, 0.717) is 11.8 Å². The highest BCUT2D eigenvalue weighted by Gasteiger charge is 2.13. The van der Waals surface area contributed by atoms with Gasteiger partial charge in [-0.1, -0.05) is 71.3 Å². The van der Waals surface area contributed by atoms with Gasteiger partial charge in [-0.3, -0.25) is 0 Å². The van der Waals surface area contributed by atoms with Crippen LogP contribution < -0.4 is 0 Å². The van der Waals surface area contributed by atoms with Gasteiger partial charge in [-0.2, -0.15) is 0 Å². The second-order valence-corrected chi connectivity index (χ2v) is 8.63. The molecule has 0 N–H and O–H groups in total. The molecule has 0 radical (unpaired) electrons. The minimum absolute atomic E-state index is 0.601. The quantitative estimate of drug-likeness (QED) is 0.352. The first-order chi connectivity index (χ1) is 12.8. The molecule has 0 fully saturated rings. The third kappa shape index (κ3) is 7.95. The summed E-state index contributed by atoms with van der Waals surface area (Å²) in [6.07, 6.45) is 19.2. The molecule has 27 heavy (non-hydrogen) atoms. The van der Waals surface area contributed by atoms with Gasteiger partial charge in [0, 0.05) is 18.4 Å². The van der Waals surface area contributed by atoms with Gasteiger partial charge in [0.05, 0.1) is 0 Å². The molecule has 0 saturated heterocycles. The molecule has 0 aliphatic carbocycles. The van der Waals surface area contributed by atoms with Crippen LogP contribution in [-0.2, 0) is 0 Å². The van der Waals surface area contributed by atoms with Crippen molar-refractivity contribution < 1.29 is 0 Å². The van der Waals surface area contributed by atoms with Crippen molar-refractivity contribution in [2.45, 2.75) is 81.1 Å². The molecule has 0 aromatic rings. The number of hydrogen-bond donors (Lipinski definition) is 0. The average molecular weight is 370 g/mol. The van der Waals surface area contributed by atoms with E-state index in [1.807, 2.05) is 0 Å². The molecule has 2 unspecified atom stereocenters. The van der Waals surface area contributed by atoms with Crippen molar-refractivity contribution in [3.63, 3.8) is 0 Å². The van der Waals surface area contributed by atoms with Gasteiger partial charge in [0.1, 0.15) is 0 Å². The van der Waals surface area contributed by atoms with Crippen LogP contribution in [0, 0.1) is 17.8 Å². The molecule has 1 aliphatic rings. The predicted octanol–water partition coefficient (Wildman–Crippen LogP) is 8.05. The summed E-state index contributed by atoms with van der Waals surface area (Å²) in [6.45, 7) is 19.2. The maximum Gasteiger partial charge on any atom is 0.0374 e. The Hall–Kier alpha value is -1.50. The summed E-state index contributed by atoms with van der Waals surface area (Å²) in [4.78, 5) is 2.35. The third-order valence-corrected chi connectivity index (χ3v) is 5.33. The highest BCUT2D eigenvalue weighted by Crippen LogP contribution is 2.28. The Morgan fingerprint density at radius 3 is 2.33 bits per heavy atom. The maximum atomic E-state index is 2.46. The molecule has 2 atom stereocenters. The Labute approximate surface area is 169 Å². The summed E-state index contributed by atoms with van der Waals surface area (Å²) >= 11 is 0. The predicted molar refractivity (Wildman–Crippen MR) is 123 cm³/mol. The monoisotopic (exact) mass is 369 g/mol. The molecule has 1 rings (SSSR count). The second kappa shape index (κ2) is 12.1. The van der Waals surface area contributed by atoms with Crippen LogP contribution in [-0.4, -0.2) is 11.4 Å². The maximum absolute atomic E-state index is 2.46. The highest BCUT2D eigenvalue weighted by molar-refractivity contribution is 5.53. The fourth-order valence-electron chi connectivity index (χ4n) is 3.61. The molecule has 0 spiro atoms. The van der Waals surface area contributed by atoms with Gasteiger partial charge < -0.3 is 4.90 Å². The van der Waals surface area contributed by atoms with Gasteiger partial charge in [0.2, 0.25) is 0 Å². The van der Waals surface area contributed by atoms with Crippen LogP contribution in [0.3, 0.4) is 0 Å². The van der Waals surface area contributed by atoms with Crippen molar-refractivity contribution >= 4 is 0 Å². The van der Waals surface area contributed by atoms with E-state index in [4.69, 9.17) is 0 Å². The highest BCUT2D eigenvalue weighted by atomic mass is 15.1. The normalized spacial score (nSPS) is 18.3. The van der Waals surface area contributed by atoms with Crippen LogP contribution in [0.15, 0.2) is 59.0 Å². The van der Waals surface area contributed by atoms with Crippen molar-refractivity contribution in [3.8, 4) is 0 Å². The summed E-state index contributed by atoms with van der Waals surface area (Å²) in [5, 5.41) is 0. The Balaban J connectivity index is 3.16. The Morgan fingerprint density at radius 1 is 1.11 bits per heavy atom. The van der Waals surface area contributed by atoms with Crippen LogP contribution in [0.2, 0.25) is 0 Å². The van der Waals surface area contributed by atoms with Crippen molar-refractivity contribution in [1.82, 2.24) is 4.90 Å². The van der Waals surface area contributed by atoms with Crippen molar-refractivity contribution in [3.05, 3.63) is 59.0 Å². The van der Waals surface area contributed by atoms with Gasteiger partial charge >= 0.3 is 0 Å². The minimum Gasteiger partial charge on any atom is -0.348 e. The van der Waals surface area contributed by atoms with Crippen LogP contribution in [0.1, 0.15) is 81.1 Å². The van der Waals surface area contributed by atoms with E-state index in [-0.39, 0.29) is 0 Å². The second-order valence-electron chi connectivity index (χ2n) is 8.63. The Morgan fingerprint density at radius 2 is 1.81 bits per heavy atom. The largest absolute Gasteiger partial charge is 0.348 e. The van der Waals surface area contributed by atoms with Gasteiger partial charge in [-0.05, 0) is 74.7 Å². The smallest absolute Gasteiger partial charge is 0.0374 e. The lowest BCUT2D eigenvalue weighted by Crippen LogP contribution is -2.18. The molecular weight excluding hydrogens is 326 g/mol. The van der Waals surface area contributed by atoms with E-state index in [1.54, 1.807) is 0 Å². The zero-order valence-electron chi connectivity index (χ0n) is 19.2. The fourth-order valence-corrected chi connectivity index (χ4v) is 3.61. The first-order valence-electron chi connectivity index (χ1n) is 11.1. The topological polar surface area (TPSA) is 3.24 Å². The molecule has 152 valence electrons. The lowest BCUT2D eigenvalue weighted by Gasteiger charge is -2.26. The van der Waals surface area contributed by atoms with Crippen molar-refractivity contribution in [2.24, 2.45) is 17.8 Å². The Bertz CT molecular complexity index is 594.